The summed E-state index contributed by atoms with van der Waals surface area (Å²) in [6.45, 7) is 3.26. The topological polar surface area (TPSA) is 96.0 Å². The molecule has 202 valence electrons. The molecule has 5 rings (SSSR count). The molecule has 0 radical (unpaired) electrons. The maximum atomic E-state index is 13.3. The zero-order valence-corrected chi connectivity index (χ0v) is 21.3. The van der Waals surface area contributed by atoms with Gasteiger partial charge in [0.05, 0.1) is 5.02 Å². The van der Waals surface area contributed by atoms with Crippen molar-refractivity contribution in [1.29, 1.82) is 0 Å². The fourth-order valence-corrected chi connectivity index (χ4v) is 5.31. The Labute approximate surface area is 220 Å². The smallest absolute Gasteiger partial charge is 0.453 e. The van der Waals surface area contributed by atoms with E-state index in [9.17, 15) is 22.4 Å². The van der Waals surface area contributed by atoms with Crippen LogP contribution in [0.2, 0.25) is 5.02 Å². The first kappa shape index (κ1) is 26.2. The average molecular weight is 553 g/mol. The predicted octanol–water partition coefficient (Wildman–Crippen LogP) is 5.15. The molecule has 2 bridgehead atoms. The fourth-order valence-electron chi connectivity index (χ4n) is 5.10. The first-order valence-corrected chi connectivity index (χ1v) is 12.5. The van der Waals surface area contributed by atoms with Crippen molar-refractivity contribution in [3.63, 3.8) is 0 Å². The Morgan fingerprint density at radius 2 is 1.87 bits per heavy atom. The molecule has 1 amide bonds. The number of alkyl halides is 3. The number of carbonyl (C=O) groups excluding carboxylic acids is 1. The van der Waals surface area contributed by atoms with E-state index in [1.165, 1.54) is 18.3 Å². The van der Waals surface area contributed by atoms with Crippen LogP contribution in [0.5, 0.6) is 5.75 Å². The van der Waals surface area contributed by atoms with Gasteiger partial charge in [-0.1, -0.05) is 11.6 Å². The quantitative estimate of drug-likeness (QED) is 0.411. The minimum Gasteiger partial charge on any atom is -0.476 e. The largest absolute Gasteiger partial charge is 0.476 e. The maximum Gasteiger partial charge on any atom is 0.453 e. The highest BCUT2D eigenvalue weighted by Crippen LogP contribution is 2.39. The number of rotatable bonds is 6. The number of fused-ring (bicyclic) bond motifs is 2. The lowest BCUT2D eigenvalue weighted by Crippen LogP contribution is -2.55. The molecular weight excluding hydrogens is 528 g/mol. The number of piperidine rings is 1. The number of H-pyrrole nitrogens is 1. The zero-order valence-electron chi connectivity index (χ0n) is 20.5. The number of nitrogens with zero attached hydrogens (tertiary/aromatic N) is 4. The summed E-state index contributed by atoms with van der Waals surface area (Å²) in [7, 11) is 0. The number of amides is 1. The molecular formula is C25H25ClF4N6O2. The molecule has 0 aliphatic carbocycles. The third-order valence-corrected chi connectivity index (χ3v) is 7.19. The number of benzene rings is 1. The van der Waals surface area contributed by atoms with Gasteiger partial charge in [-0.2, -0.15) is 13.2 Å². The molecule has 1 aromatic carbocycles. The van der Waals surface area contributed by atoms with Crippen LogP contribution in [-0.2, 0) is 11.0 Å². The van der Waals surface area contributed by atoms with Gasteiger partial charge in [0.15, 0.2) is 11.4 Å². The Bertz CT molecular complexity index is 1320. The highest BCUT2D eigenvalue weighted by atomic mass is 35.5. The Morgan fingerprint density at radius 1 is 1.16 bits per heavy atom. The third kappa shape index (κ3) is 5.27. The Morgan fingerprint density at radius 3 is 2.45 bits per heavy atom. The molecule has 2 aliphatic heterocycles. The van der Waals surface area contributed by atoms with Gasteiger partial charge in [0.2, 0.25) is 0 Å². The second kappa shape index (κ2) is 9.72. The van der Waals surface area contributed by atoms with Crippen LogP contribution in [0.1, 0.15) is 45.4 Å². The summed E-state index contributed by atoms with van der Waals surface area (Å²) in [6, 6.07) is 7.39. The summed E-state index contributed by atoms with van der Waals surface area (Å²) in [5.41, 5.74) is -0.836. The Balaban J connectivity index is 1.22. The Kier molecular flexibility index (Phi) is 6.70. The molecule has 8 nitrogen and oxygen atoms in total. The second-order valence-corrected chi connectivity index (χ2v) is 10.4. The normalized spacial score (nSPS) is 21.4. The molecule has 0 unspecified atom stereocenters. The van der Waals surface area contributed by atoms with E-state index in [0.29, 0.717) is 18.4 Å². The van der Waals surface area contributed by atoms with Crippen LogP contribution in [0.25, 0.3) is 11.4 Å². The average Bonchev–Trinajstić information content (AvgIpc) is 3.44. The molecule has 0 spiro atoms. The van der Waals surface area contributed by atoms with E-state index >= 15 is 0 Å². The fraction of sp³-hybridized carbons (Fsp3) is 0.440. The van der Waals surface area contributed by atoms with Gasteiger partial charge >= 0.3 is 6.18 Å². The maximum absolute atomic E-state index is 13.3. The van der Waals surface area contributed by atoms with Crippen LogP contribution in [0, 0.1) is 5.82 Å². The van der Waals surface area contributed by atoms with Crippen molar-refractivity contribution in [3.05, 3.63) is 53.2 Å². The van der Waals surface area contributed by atoms with Crippen LogP contribution in [-0.4, -0.2) is 49.8 Å². The molecule has 4 heterocycles. The van der Waals surface area contributed by atoms with Crippen LogP contribution in [0.4, 0.5) is 23.4 Å². The number of anilines is 1. The summed E-state index contributed by atoms with van der Waals surface area (Å²) in [5, 5.41) is 8.70. The SMILES string of the molecule is CC(C)(Oc1ccc(F)cc1Cl)C(=O)N[C@H]1C[C@H]2CC[C@@H](C1)N2c1ccc(-c2nc(C(F)(F)F)n[nH]2)cn1. The number of aromatic amines is 1. The molecule has 13 heteroatoms. The lowest BCUT2D eigenvalue weighted by atomic mass is 9.96. The number of halogens is 5. The molecule has 3 aromatic rings. The minimum absolute atomic E-state index is 0.00692. The van der Waals surface area contributed by atoms with Crippen molar-refractivity contribution in [1.82, 2.24) is 25.5 Å². The van der Waals surface area contributed by atoms with Gasteiger partial charge in [-0.15, -0.1) is 5.10 Å². The van der Waals surface area contributed by atoms with E-state index < -0.39 is 23.4 Å². The van der Waals surface area contributed by atoms with Gasteiger partial charge < -0.3 is 15.0 Å². The van der Waals surface area contributed by atoms with Gasteiger partial charge in [0, 0.05) is 29.9 Å². The highest BCUT2D eigenvalue weighted by molar-refractivity contribution is 6.32. The van der Waals surface area contributed by atoms with Crippen molar-refractivity contribution >= 4 is 23.3 Å². The Hall–Kier alpha value is -3.41. The molecule has 3 atom stereocenters. The monoisotopic (exact) mass is 552 g/mol. The number of hydrogen-bond acceptors (Lipinski definition) is 6. The molecule has 2 fully saturated rings. The van der Waals surface area contributed by atoms with E-state index in [1.807, 2.05) is 0 Å². The summed E-state index contributed by atoms with van der Waals surface area (Å²) in [4.78, 5) is 23.3. The summed E-state index contributed by atoms with van der Waals surface area (Å²) in [6.07, 6.45) is 0.123. The lowest BCUT2D eigenvalue weighted by molar-refractivity contribution is -0.144. The second-order valence-electron chi connectivity index (χ2n) is 10.0. The number of pyridine rings is 1. The van der Waals surface area contributed by atoms with E-state index in [4.69, 9.17) is 16.3 Å². The number of ether oxygens (including phenoxy) is 1. The molecule has 38 heavy (non-hydrogen) atoms. The minimum atomic E-state index is -4.63. The van der Waals surface area contributed by atoms with Crippen LogP contribution in [0.3, 0.4) is 0 Å². The van der Waals surface area contributed by atoms with Gasteiger partial charge in [0.1, 0.15) is 17.4 Å². The predicted molar refractivity (Wildman–Crippen MR) is 131 cm³/mol. The van der Waals surface area contributed by atoms with Crippen molar-refractivity contribution in [2.24, 2.45) is 0 Å². The number of nitrogens with one attached hydrogen (secondary N) is 2. The summed E-state index contributed by atoms with van der Waals surface area (Å²) >= 11 is 6.05. The number of aromatic nitrogens is 4. The summed E-state index contributed by atoms with van der Waals surface area (Å²) in [5.74, 6) is -1.09. The van der Waals surface area contributed by atoms with E-state index in [2.05, 4.69) is 30.4 Å². The van der Waals surface area contributed by atoms with E-state index in [0.717, 1.165) is 24.7 Å². The molecule has 2 aromatic heterocycles. The van der Waals surface area contributed by atoms with Crippen molar-refractivity contribution in [2.45, 2.75) is 69.4 Å². The molecule has 0 saturated carbocycles. The van der Waals surface area contributed by atoms with Crippen LogP contribution < -0.4 is 15.0 Å². The van der Waals surface area contributed by atoms with E-state index in [1.54, 1.807) is 26.0 Å². The number of hydrogen-bond donors (Lipinski definition) is 2. The van der Waals surface area contributed by atoms with Gasteiger partial charge in [0.25, 0.3) is 11.7 Å². The highest BCUT2D eigenvalue weighted by Gasteiger charge is 2.43. The zero-order chi connectivity index (χ0) is 27.2. The van der Waals surface area contributed by atoms with Crippen LogP contribution >= 0.6 is 11.6 Å². The third-order valence-electron chi connectivity index (χ3n) is 6.90. The molecule has 2 N–H and O–H groups in total. The van der Waals surface area contributed by atoms with Crippen molar-refractivity contribution < 1.29 is 27.1 Å². The van der Waals surface area contributed by atoms with Crippen molar-refractivity contribution in [2.75, 3.05) is 4.90 Å². The van der Waals surface area contributed by atoms with E-state index in [-0.39, 0.29) is 40.6 Å². The first-order valence-electron chi connectivity index (χ1n) is 12.1. The number of carbonyl (C=O) groups is 1. The first-order chi connectivity index (χ1) is 17.9. The van der Waals surface area contributed by atoms with Gasteiger partial charge in [-0.05, 0) is 69.9 Å². The molecule has 2 aliphatic rings. The standard InChI is InChI=1S/C25H25ClF4N6O2/c1-24(2,38-19-7-4-14(27)9-18(19)26)23(37)32-15-10-16-5-6-17(11-15)36(16)20-8-3-13(12-31-20)21-33-22(35-34-21)25(28,29)30/h3-4,7-9,12,15-17H,5-6,10-11H2,1-2H3,(H,32,37)(H,33,34,35)/t15-,16+,17-. The van der Waals surface area contributed by atoms with Gasteiger partial charge in [-0.3, -0.25) is 9.89 Å². The lowest BCUT2D eigenvalue weighted by Gasteiger charge is -2.40. The summed E-state index contributed by atoms with van der Waals surface area (Å²) < 4.78 is 57.6. The molecule has 2 saturated heterocycles. The van der Waals surface area contributed by atoms with Crippen molar-refractivity contribution in [3.8, 4) is 17.1 Å². The van der Waals surface area contributed by atoms with Gasteiger partial charge in [-0.25, -0.2) is 14.4 Å². The van der Waals surface area contributed by atoms with Crippen LogP contribution in [0.15, 0.2) is 36.5 Å².